The molecule has 0 atom stereocenters. The van der Waals surface area contributed by atoms with Gasteiger partial charge in [0.2, 0.25) is 0 Å². The number of unbranched alkanes of at least 4 members (excludes halogenated alkanes) is 1. The molecule has 0 fully saturated rings. The normalized spacial score (nSPS) is 11.7. The van der Waals surface area contributed by atoms with Crippen LogP contribution in [0.3, 0.4) is 0 Å². The van der Waals surface area contributed by atoms with E-state index in [1.54, 1.807) is 0 Å². The van der Waals surface area contributed by atoms with Gasteiger partial charge < -0.3 is 5.32 Å². The summed E-state index contributed by atoms with van der Waals surface area (Å²) in [6.45, 7) is 4.37. The van der Waals surface area contributed by atoms with Crippen molar-refractivity contribution in [3.8, 4) is 0 Å². The third-order valence-electron chi connectivity index (χ3n) is 1.32. The van der Waals surface area contributed by atoms with E-state index < -0.39 is 0 Å². The van der Waals surface area contributed by atoms with Crippen LogP contribution in [0.2, 0.25) is 0 Å². The molecule has 9 heavy (non-hydrogen) atoms. The van der Waals surface area contributed by atoms with Crippen LogP contribution >= 0.6 is 0 Å². The number of rotatable bonds is 4. The van der Waals surface area contributed by atoms with E-state index in [0.717, 1.165) is 0 Å². The van der Waals surface area contributed by atoms with Gasteiger partial charge in [0.25, 0.3) is 0 Å². The Labute approximate surface area is 58.2 Å². The molecule has 1 nitrogen and oxygen atoms in total. The van der Waals surface area contributed by atoms with Crippen LogP contribution in [0.5, 0.6) is 0 Å². The van der Waals surface area contributed by atoms with Crippen molar-refractivity contribution in [2.75, 3.05) is 7.05 Å². The van der Waals surface area contributed by atoms with Gasteiger partial charge in [-0.25, -0.2) is 0 Å². The lowest BCUT2D eigenvalue weighted by Crippen LogP contribution is -1.94. The summed E-state index contributed by atoms with van der Waals surface area (Å²) in [5.74, 6) is 0. The predicted molar refractivity (Wildman–Crippen MR) is 42.3 cm³/mol. The van der Waals surface area contributed by atoms with E-state index >= 15 is 0 Å². The summed E-state index contributed by atoms with van der Waals surface area (Å²) in [6.07, 6.45) is 5.89. The molecule has 0 amide bonds. The van der Waals surface area contributed by atoms with Crippen molar-refractivity contribution >= 4 is 0 Å². The molecule has 0 spiro atoms. The lowest BCUT2D eigenvalue weighted by atomic mass is 10.1. The molecular weight excluding hydrogens is 110 g/mol. The van der Waals surface area contributed by atoms with Crippen LogP contribution in [-0.2, 0) is 0 Å². The monoisotopic (exact) mass is 127 g/mol. The Morgan fingerprint density at radius 1 is 1.56 bits per heavy atom. The highest BCUT2D eigenvalue weighted by Gasteiger charge is 1.85. The Hall–Kier alpha value is -0.460. The van der Waals surface area contributed by atoms with Gasteiger partial charge in [-0.1, -0.05) is 18.9 Å². The quantitative estimate of drug-likeness (QED) is 0.611. The topological polar surface area (TPSA) is 12.0 Å². The lowest BCUT2D eigenvalue weighted by Gasteiger charge is -1.97. The zero-order valence-corrected chi connectivity index (χ0v) is 6.70. The molecule has 0 aromatic heterocycles. The molecule has 0 aliphatic heterocycles. The van der Waals surface area contributed by atoms with E-state index in [1.165, 1.54) is 24.8 Å². The number of nitrogens with one attached hydrogen (secondary N) is 1. The lowest BCUT2D eigenvalue weighted by molar-refractivity contribution is 0.781. The van der Waals surface area contributed by atoms with Crippen molar-refractivity contribution in [3.05, 3.63) is 11.8 Å². The Morgan fingerprint density at radius 3 is 2.67 bits per heavy atom. The molecule has 0 aromatic rings. The molecule has 0 saturated carbocycles. The average Bonchev–Trinajstić information content (AvgIpc) is 1.85. The maximum Gasteiger partial charge on any atom is 0.00276 e. The Balaban J connectivity index is 3.25. The van der Waals surface area contributed by atoms with E-state index in [4.69, 9.17) is 0 Å². The van der Waals surface area contributed by atoms with Crippen molar-refractivity contribution in [1.82, 2.24) is 5.32 Å². The fraction of sp³-hybridized carbons (Fsp3) is 0.750. The summed E-state index contributed by atoms with van der Waals surface area (Å²) in [4.78, 5) is 0. The maximum absolute atomic E-state index is 3.01. The first-order valence-corrected chi connectivity index (χ1v) is 3.64. The van der Waals surface area contributed by atoms with Crippen molar-refractivity contribution in [2.24, 2.45) is 0 Å². The zero-order valence-electron chi connectivity index (χ0n) is 6.70. The summed E-state index contributed by atoms with van der Waals surface area (Å²) < 4.78 is 0. The molecule has 0 radical (unpaired) electrons. The smallest absolute Gasteiger partial charge is 0.00276 e. The summed E-state index contributed by atoms with van der Waals surface area (Å²) >= 11 is 0. The summed E-state index contributed by atoms with van der Waals surface area (Å²) in [6, 6.07) is 0. The van der Waals surface area contributed by atoms with E-state index in [9.17, 15) is 0 Å². The largest absolute Gasteiger partial charge is 0.394 e. The first-order valence-electron chi connectivity index (χ1n) is 3.64. The van der Waals surface area contributed by atoms with Gasteiger partial charge in [-0.05, 0) is 26.0 Å². The molecule has 1 N–H and O–H groups in total. The minimum Gasteiger partial charge on any atom is -0.394 e. The van der Waals surface area contributed by atoms with Crippen molar-refractivity contribution in [2.45, 2.75) is 33.1 Å². The van der Waals surface area contributed by atoms with E-state index in [2.05, 4.69) is 25.4 Å². The summed E-state index contributed by atoms with van der Waals surface area (Å²) in [5.41, 5.74) is 1.44. The van der Waals surface area contributed by atoms with Crippen LogP contribution in [-0.4, -0.2) is 7.05 Å². The van der Waals surface area contributed by atoms with E-state index in [0.29, 0.717) is 0 Å². The van der Waals surface area contributed by atoms with Gasteiger partial charge in [-0.15, -0.1) is 0 Å². The summed E-state index contributed by atoms with van der Waals surface area (Å²) in [7, 11) is 1.94. The first-order chi connectivity index (χ1) is 4.31. The second kappa shape index (κ2) is 5.67. The Bertz CT molecular complexity index is 84.6. The molecule has 0 rings (SSSR count). The van der Waals surface area contributed by atoms with Crippen LogP contribution in [0.4, 0.5) is 0 Å². The van der Waals surface area contributed by atoms with Crippen LogP contribution in [0.1, 0.15) is 33.1 Å². The molecule has 54 valence electrons. The average molecular weight is 127 g/mol. The van der Waals surface area contributed by atoms with E-state index in [1.807, 2.05) is 7.05 Å². The Morgan fingerprint density at radius 2 is 2.22 bits per heavy atom. The molecule has 1 heteroatoms. The SMILES string of the molecule is CCCCC(C)=CNC. The highest BCUT2D eigenvalue weighted by molar-refractivity contribution is 4.95. The van der Waals surface area contributed by atoms with Crippen molar-refractivity contribution < 1.29 is 0 Å². The minimum absolute atomic E-state index is 1.23. The number of allylic oxidation sites excluding steroid dienone is 1. The highest BCUT2D eigenvalue weighted by atomic mass is 14.8. The fourth-order valence-corrected chi connectivity index (χ4v) is 0.774. The van der Waals surface area contributed by atoms with Gasteiger partial charge >= 0.3 is 0 Å². The molecule has 0 aliphatic rings. The molecule has 0 bridgehead atoms. The first kappa shape index (κ1) is 8.54. The molecule has 0 unspecified atom stereocenters. The van der Waals surface area contributed by atoms with Gasteiger partial charge in [0, 0.05) is 7.05 Å². The molecule has 0 saturated heterocycles. The third-order valence-corrected chi connectivity index (χ3v) is 1.32. The van der Waals surface area contributed by atoms with E-state index in [-0.39, 0.29) is 0 Å². The molecule has 0 aliphatic carbocycles. The van der Waals surface area contributed by atoms with Gasteiger partial charge in [-0.3, -0.25) is 0 Å². The Kier molecular flexibility index (Phi) is 5.38. The van der Waals surface area contributed by atoms with Crippen molar-refractivity contribution in [1.29, 1.82) is 0 Å². The number of hydrogen-bond acceptors (Lipinski definition) is 1. The second-order valence-corrected chi connectivity index (χ2v) is 2.38. The minimum atomic E-state index is 1.23. The third kappa shape index (κ3) is 5.41. The van der Waals surface area contributed by atoms with Gasteiger partial charge in [-0.2, -0.15) is 0 Å². The van der Waals surface area contributed by atoms with Crippen molar-refractivity contribution in [3.63, 3.8) is 0 Å². The zero-order chi connectivity index (χ0) is 7.11. The second-order valence-electron chi connectivity index (χ2n) is 2.38. The van der Waals surface area contributed by atoms with Gasteiger partial charge in [0.05, 0.1) is 0 Å². The van der Waals surface area contributed by atoms with Crippen LogP contribution in [0, 0.1) is 0 Å². The molecular formula is C8H17N. The van der Waals surface area contributed by atoms with Crippen LogP contribution in [0.25, 0.3) is 0 Å². The van der Waals surface area contributed by atoms with Crippen LogP contribution in [0.15, 0.2) is 11.8 Å². The summed E-state index contributed by atoms with van der Waals surface area (Å²) in [5, 5.41) is 3.01. The molecule has 0 aromatic carbocycles. The number of hydrogen-bond donors (Lipinski definition) is 1. The van der Waals surface area contributed by atoms with Crippen LogP contribution < -0.4 is 5.32 Å². The predicted octanol–water partition coefficient (Wildman–Crippen LogP) is 2.30. The maximum atomic E-state index is 3.01. The highest BCUT2D eigenvalue weighted by Crippen LogP contribution is 2.03. The standard InChI is InChI=1S/C8H17N/c1-4-5-6-8(2)7-9-3/h7,9H,4-6H2,1-3H3. The molecule has 0 heterocycles. The van der Waals surface area contributed by atoms with Gasteiger partial charge in [0.1, 0.15) is 0 Å². The fourth-order valence-electron chi connectivity index (χ4n) is 0.774. The van der Waals surface area contributed by atoms with Gasteiger partial charge in [0.15, 0.2) is 0 Å².